The van der Waals surface area contributed by atoms with E-state index in [-0.39, 0.29) is 5.91 Å². The van der Waals surface area contributed by atoms with Gasteiger partial charge in [0.25, 0.3) is 0 Å². The Kier molecular flexibility index (Phi) is 5.54. The maximum absolute atomic E-state index is 11.6. The van der Waals surface area contributed by atoms with Crippen LogP contribution in [0, 0.1) is 6.92 Å². The number of aryl methyl sites for hydroxylation is 1. The summed E-state index contributed by atoms with van der Waals surface area (Å²) >= 11 is 0. The minimum Gasteiger partial charge on any atom is -0.465 e. The number of esters is 1. The second-order valence-corrected chi connectivity index (χ2v) is 3.90. The number of ether oxygens (including phenoxy) is 1. The molecule has 0 aliphatic rings. The lowest BCUT2D eigenvalue weighted by atomic mass is 10.1. The standard InChI is InChI=1S/C15H17NO3/c1-4-5-6-7-14(17)16-13-10-12(15(18)19-3)9-8-11(13)2/h4-10H,1-3H3,(H,16,17). The number of carbonyl (C=O) groups excluding carboxylic acids is 2. The van der Waals surface area contributed by atoms with Crippen LogP contribution in [0.15, 0.2) is 42.5 Å². The molecule has 0 bridgehead atoms. The molecule has 0 aliphatic heterocycles. The molecule has 0 fully saturated rings. The number of hydrogen-bond donors (Lipinski definition) is 1. The highest BCUT2D eigenvalue weighted by atomic mass is 16.5. The van der Waals surface area contributed by atoms with Crippen LogP contribution in [0.3, 0.4) is 0 Å². The highest BCUT2D eigenvalue weighted by Gasteiger charge is 2.08. The molecule has 19 heavy (non-hydrogen) atoms. The van der Waals surface area contributed by atoms with Gasteiger partial charge in [0, 0.05) is 11.8 Å². The Morgan fingerprint density at radius 2 is 2.00 bits per heavy atom. The van der Waals surface area contributed by atoms with E-state index in [1.165, 1.54) is 13.2 Å². The summed E-state index contributed by atoms with van der Waals surface area (Å²) < 4.78 is 4.64. The van der Waals surface area contributed by atoms with Crippen molar-refractivity contribution in [3.63, 3.8) is 0 Å². The number of benzene rings is 1. The molecule has 4 heteroatoms. The Balaban J connectivity index is 2.88. The maximum atomic E-state index is 11.6. The molecule has 1 rings (SSSR count). The zero-order chi connectivity index (χ0) is 14.3. The van der Waals surface area contributed by atoms with Crippen LogP contribution in [0.25, 0.3) is 0 Å². The molecule has 1 aromatic carbocycles. The quantitative estimate of drug-likeness (QED) is 0.514. The van der Waals surface area contributed by atoms with Gasteiger partial charge < -0.3 is 10.1 Å². The van der Waals surface area contributed by atoms with Crippen molar-refractivity contribution in [3.05, 3.63) is 53.6 Å². The second-order valence-electron chi connectivity index (χ2n) is 3.90. The fourth-order valence-corrected chi connectivity index (χ4v) is 1.43. The first kappa shape index (κ1) is 14.7. The van der Waals surface area contributed by atoms with Crippen LogP contribution in [0.2, 0.25) is 0 Å². The SMILES string of the molecule is CC=CC=CC(=O)Nc1cc(C(=O)OC)ccc1C. The number of rotatable bonds is 4. The topological polar surface area (TPSA) is 55.4 Å². The third-order valence-corrected chi connectivity index (χ3v) is 2.47. The Bertz CT molecular complexity index is 530. The highest BCUT2D eigenvalue weighted by molar-refractivity contribution is 6.01. The summed E-state index contributed by atoms with van der Waals surface area (Å²) in [6.07, 6.45) is 6.66. The van der Waals surface area contributed by atoms with Gasteiger partial charge in [-0.05, 0) is 31.5 Å². The lowest BCUT2D eigenvalue weighted by molar-refractivity contribution is -0.111. The highest BCUT2D eigenvalue weighted by Crippen LogP contribution is 2.17. The maximum Gasteiger partial charge on any atom is 0.337 e. The number of hydrogen-bond acceptors (Lipinski definition) is 3. The number of allylic oxidation sites excluding steroid dienone is 3. The zero-order valence-electron chi connectivity index (χ0n) is 11.3. The number of nitrogens with one attached hydrogen (secondary N) is 1. The first-order chi connectivity index (χ1) is 9.08. The van der Waals surface area contributed by atoms with E-state index in [0.29, 0.717) is 11.3 Å². The van der Waals surface area contributed by atoms with Crippen molar-refractivity contribution >= 4 is 17.6 Å². The average molecular weight is 259 g/mol. The van der Waals surface area contributed by atoms with E-state index in [2.05, 4.69) is 10.1 Å². The lowest BCUT2D eigenvalue weighted by Crippen LogP contribution is -2.10. The van der Waals surface area contributed by atoms with E-state index >= 15 is 0 Å². The lowest BCUT2D eigenvalue weighted by Gasteiger charge is -2.08. The smallest absolute Gasteiger partial charge is 0.337 e. The molecule has 0 saturated carbocycles. The van der Waals surface area contributed by atoms with Crippen molar-refractivity contribution in [1.29, 1.82) is 0 Å². The van der Waals surface area contributed by atoms with Crippen molar-refractivity contribution < 1.29 is 14.3 Å². The summed E-state index contributed by atoms with van der Waals surface area (Å²) in [6.45, 7) is 3.72. The summed E-state index contributed by atoms with van der Waals surface area (Å²) in [5.74, 6) is -0.678. The zero-order valence-corrected chi connectivity index (χ0v) is 11.3. The number of anilines is 1. The molecule has 1 aromatic rings. The van der Waals surface area contributed by atoms with E-state index in [9.17, 15) is 9.59 Å². The van der Waals surface area contributed by atoms with Crippen LogP contribution in [0.4, 0.5) is 5.69 Å². The predicted octanol–water partition coefficient (Wildman–Crippen LogP) is 2.85. The molecular formula is C15H17NO3. The Hall–Kier alpha value is -2.36. The predicted molar refractivity (Wildman–Crippen MR) is 75.1 cm³/mol. The van der Waals surface area contributed by atoms with E-state index < -0.39 is 5.97 Å². The van der Waals surface area contributed by atoms with Crippen molar-refractivity contribution in [1.82, 2.24) is 0 Å². The van der Waals surface area contributed by atoms with Gasteiger partial charge in [-0.3, -0.25) is 4.79 Å². The van der Waals surface area contributed by atoms with Crippen molar-refractivity contribution in [3.8, 4) is 0 Å². The van der Waals surface area contributed by atoms with Crippen LogP contribution < -0.4 is 5.32 Å². The van der Waals surface area contributed by atoms with Gasteiger partial charge >= 0.3 is 5.97 Å². The average Bonchev–Trinajstić information content (AvgIpc) is 2.40. The van der Waals surface area contributed by atoms with Crippen molar-refractivity contribution in [2.24, 2.45) is 0 Å². The first-order valence-corrected chi connectivity index (χ1v) is 5.87. The van der Waals surface area contributed by atoms with Gasteiger partial charge in [-0.2, -0.15) is 0 Å². The van der Waals surface area contributed by atoms with Crippen LogP contribution in [0.1, 0.15) is 22.8 Å². The third kappa shape index (κ3) is 4.43. The van der Waals surface area contributed by atoms with E-state index in [1.54, 1.807) is 30.4 Å². The van der Waals surface area contributed by atoms with Crippen LogP contribution in [0.5, 0.6) is 0 Å². The van der Waals surface area contributed by atoms with Crippen LogP contribution in [-0.4, -0.2) is 19.0 Å². The van der Waals surface area contributed by atoms with Gasteiger partial charge in [0.1, 0.15) is 0 Å². The minimum atomic E-state index is -0.431. The van der Waals surface area contributed by atoms with Crippen molar-refractivity contribution in [2.45, 2.75) is 13.8 Å². The minimum absolute atomic E-state index is 0.247. The Morgan fingerprint density at radius 1 is 1.26 bits per heavy atom. The normalized spacial score (nSPS) is 10.9. The molecule has 0 atom stereocenters. The summed E-state index contributed by atoms with van der Waals surface area (Å²) in [7, 11) is 1.32. The van der Waals surface area contributed by atoms with Crippen molar-refractivity contribution in [2.75, 3.05) is 12.4 Å². The molecule has 0 heterocycles. The molecule has 0 aliphatic carbocycles. The first-order valence-electron chi connectivity index (χ1n) is 5.87. The fraction of sp³-hybridized carbons (Fsp3) is 0.200. The van der Waals surface area contributed by atoms with Crippen LogP contribution in [-0.2, 0) is 9.53 Å². The third-order valence-electron chi connectivity index (χ3n) is 2.47. The van der Waals surface area contributed by atoms with E-state index in [4.69, 9.17) is 0 Å². The van der Waals surface area contributed by atoms with Gasteiger partial charge in [0.05, 0.1) is 12.7 Å². The van der Waals surface area contributed by atoms with E-state index in [1.807, 2.05) is 19.9 Å². The monoisotopic (exact) mass is 259 g/mol. The molecule has 1 amide bonds. The molecule has 0 saturated heterocycles. The molecular weight excluding hydrogens is 242 g/mol. The molecule has 0 radical (unpaired) electrons. The number of amides is 1. The van der Waals surface area contributed by atoms with Gasteiger partial charge in [-0.15, -0.1) is 0 Å². The Morgan fingerprint density at radius 3 is 2.63 bits per heavy atom. The number of methoxy groups -OCH3 is 1. The molecule has 0 spiro atoms. The van der Waals surface area contributed by atoms with Gasteiger partial charge in [0.15, 0.2) is 0 Å². The molecule has 4 nitrogen and oxygen atoms in total. The summed E-state index contributed by atoms with van der Waals surface area (Å²) in [6, 6.07) is 5.02. The fourth-order valence-electron chi connectivity index (χ4n) is 1.43. The number of carbonyl (C=O) groups is 2. The summed E-state index contributed by atoms with van der Waals surface area (Å²) in [5, 5.41) is 2.72. The largest absolute Gasteiger partial charge is 0.465 e. The Labute approximate surface area is 112 Å². The molecule has 1 N–H and O–H groups in total. The second kappa shape index (κ2) is 7.16. The van der Waals surface area contributed by atoms with Crippen LogP contribution >= 0.6 is 0 Å². The molecule has 100 valence electrons. The molecule has 0 unspecified atom stereocenters. The molecule has 0 aromatic heterocycles. The van der Waals surface area contributed by atoms with Gasteiger partial charge in [0.2, 0.25) is 5.91 Å². The summed E-state index contributed by atoms with van der Waals surface area (Å²) in [4.78, 5) is 23.1. The summed E-state index contributed by atoms with van der Waals surface area (Å²) in [5.41, 5.74) is 1.87. The van der Waals surface area contributed by atoms with Gasteiger partial charge in [-0.25, -0.2) is 4.79 Å². The van der Waals surface area contributed by atoms with E-state index in [0.717, 1.165) is 5.56 Å². The van der Waals surface area contributed by atoms with Gasteiger partial charge in [-0.1, -0.05) is 24.3 Å².